The smallest absolute Gasteiger partial charge is 0.317 e. The first-order valence-corrected chi connectivity index (χ1v) is 8.32. The van der Waals surface area contributed by atoms with E-state index in [0.29, 0.717) is 31.7 Å². The van der Waals surface area contributed by atoms with Crippen LogP contribution < -0.4 is 5.32 Å². The van der Waals surface area contributed by atoms with Crippen LogP contribution in [0.1, 0.15) is 18.4 Å². The number of nitrogens with zero attached hydrogens (tertiary/aromatic N) is 2. The molecular formula is C17H24FN3O2. The number of rotatable bonds is 4. The fourth-order valence-corrected chi connectivity index (χ4v) is 3.09. The summed E-state index contributed by atoms with van der Waals surface area (Å²) in [5.74, 6) is -0.163. The van der Waals surface area contributed by atoms with Crippen molar-refractivity contribution in [2.24, 2.45) is 0 Å². The van der Waals surface area contributed by atoms with Crippen LogP contribution in [0.2, 0.25) is 0 Å². The predicted molar refractivity (Wildman–Crippen MR) is 85.6 cm³/mol. The number of nitrogens with one attached hydrogen (secondary N) is 1. The Morgan fingerprint density at radius 1 is 1.26 bits per heavy atom. The highest BCUT2D eigenvalue weighted by Crippen LogP contribution is 2.13. The Balaban J connectivity index is 1.41. The minimum absolute atomic E-state index is 0.0222. The summed E-state index contributed by atoms with van der Waals surface area (Å²) in [7, 11) is 0. The number of amides is 2. The largest absolute Gasteiger partial charge is 0.376 e. The summed E-state index contributed by atoms with van der Waals surface area (Å²) in [6.45, 7) is 4.86. The SMILES string of the molecule is O=C(NCC1CCCO1)N1CCN(Cc2ccccc2F)CC1. The average molecular weight is 321 g/mol. The fourth-order valence-electron chi connectivity index (χ4n) is 3.09. The third-order valence-electron chi connectivity index (χ3n) is 4.52. The zero-order valence-corrected chi connectivity index (χ0v) is 13.3. The van der Waals surface area contributed by atoms with Crippen LogP contribution in [0.25, 0.3) is 0 Å². The van der Waals surface area contributed by atoms with E-state index in [4.69, 9.17) is 4.74 Å². The van der Waals surface area contributed by atoms with Gasteiger partial charge < -0.3 is 15.0 Å². The molecule has 0 radical (unpaired) electrons. The number of halogens is 1. The van der Waals surface area contributed by atoms with Crippen LogP contribution in [-0.4, -0.2) is 61.3 Å². The van der Waals surface area contributed by atoms with Gasteiger partial charge in [0.05, 0.1) is 6.10 Å². The maximum absolute atomic E-state index is 13.7. The number of hydrogen-bond acceptors (Lipinski definition) is 3. The van der Waals surface area contributed by atoms with E-state index in [1.54, 1.807) is 6.07 Å². The lowest BCUT2D eigenvalue weighted by Crippen LogP contribution is -2.52. The molecule has 1 N–H and O–H groups in total. The number of benzene rings is 1. The van der Waals surface area contributed by atoms with Gasteiger partial charge in [0.2, 0.25) is 0 Å². The summed E-state index contributed by atoms with van der Waals surface area (Å²) in [6.07, 6.45) is 2.27. The Morgan fingerprint density at radius 2 is 2.04 bits per heavy atom. The van der Waals surface area contributed by atoms with Crippen molar-refractivity contribution in [3.05, 3.63) is 35.6 Å². The molecule has 5 nitrogen and oxygen atoms in total. The average Bonchev–Trinajstić information content (AvgIpc) is 3.09. The van der Waals surface area contributed by atoms with Gasteiger partial charge in [-0.05, 0) is 18.9 Å². The number of carbonyl (C=O) groups excluding carboxylic acids is 1. The first-order valence-electron chi connectivity index (χ1n) is 8.32. The van der Waals surface area contributed by atoms with E-state index in [2.05, 4.69) is 10.2 Å². The molecule has 1 aromatic carbocycles. The number of piperazine rings is 1. The van der Waals surface area contributed by atoms with Crippen LogP contribution >= 0.6 is 0 Å². The van der Waals surface area contributed by atoms with E-state index < -0.39 is 0 Å². The maximum Gasteiger partial charge on any atom is 0.317 e. The maximum atomic E-state index is 13.7. The molecule has 6 heteroatoms. The predicted octanol–water partition coefficient (Wildman–Crippen LogP) is 1.83. The van der Waals surface area contributed by atoms with E-state index in [0.717, 1.165) is 32.5 Å². The Labute approximate surface area is 136 Å². The van der Waals surface area contributed by atoms with Gasteiger partial charge in [-0.2, -0.15) is 0 Å². The van der Waals surface area contributed by atoms with Gasteiger partial charge in [-0.15, -0.1) is 0 Å². The molecule has 1 atom stereocenters. The first kappa shape index (κ1) is 16.2. The van der Waals surface area contributed by atoms with Gasteiger partial charge in [0.15, 0.2) is 0 Å². The van der Waals surface area contributed by atoms with Crippen LogP contribution in [0.4, 0.5) is 9.18 Å². The zero-order chi connectivity index (χ0) is 16.1. The number of carbonyl (C=O) groups is 1. The second-order valence-electron chi connectivity index (χ2n) is 6.18. The topological polar surface area (TPSA) is 44.8 Å². The van der Waals surface area contributed by atoms with E-state index in [1.807, 2.05) is 17.0 Å². The molecule has 0 aliphatic carbocycles. The van der Waals surface area contributed by atoms with Crippen LogP contribution in [0.3, 0.4) is 0 Å². The van der Waals surface area contributed by atoms with Gasteiger partial charge in [-0.25, -0.2) is 9.18 Å². The molecule has 0 bridgehead atoms. The normalized spacial score (nSPS) is 22.3. The van der Waals surface area contributed by atoms with Crippen molar-refractivity contribution in [1.29, 1.82) is 0 Å². The first-order chi connectivity index (χ1) is 11.2. The van der Waals surface area contributed by atoms with E-state index in [-0.39, 0.29) is 18.0 Å². The summed E-state index contributed by atoms with van der Waals surface area (Å²) < 4.78 is 19.2. The molecule has 0 saturated carbocycles. The lowest BCUT2D eigenvalue weighted by Gasteiger charge is -2.34. The van der Waals surface area contributed by atoms with Crippen LogP contribution in [0.15, 0.2) is 24.3 Å². The van der Waals surface area contributed by atoms with Gasteiger partial charge in [0, 0.05) is 51.4 Å². The molecule has 1 unspecified atom stereocenters. The zero-order valence-electron chi connectivity index (χ0n) is 13.3. The number of hydrogen-bond donors (Lipinski definition) is 1. The van der Waals surface area contributed by atoms with Crippen LogP contribution in [-0.2, 0) is 11.3 Å². The summed E-state index contributed by atoms with van der Waals surface area (Å²) in [5, 5.41) is 2.95. The van der Waals surface area contributed by atoms with Crippen LogP contribution in [0, 0.1) is 5.82 Å². The summed E-state index contributed by atoms with van der Waals surface area (Å²) >= 11 is 0. The van der Waals surface area contributed by atoms with Crippen molar-refractivity contribution >= 4 is 6.03 Å². The van der Waals surface area contributed by atoms with Crippen molar-refractivity contribution < 1.29 is 13.9 Å². The van der Waals surface area contributed by atoms with Crippen molar-refractivity contribution in [2.45, 2.75) is 25.5 Å². The Bertz CT molecular complexity index is 526. The van der Waals surface area contributed by atoms with Crippen molar-refractivity contribution in [1.82, 2.24) is 15.1 Å². The molecule has 126 valence electrons. The lowest BCUT2D eigenvalue weighted by molar-refractivity contribution is 0.103. The highest BCUT2D eigenvalue weighted by molar-refractivity contribution is 5.74. The molecule has 2 fully saturated rings. The Morgan fingerprint density at radius 3 is 2.74 bits per heavy atom. The molecule has 0 spiro atoms. The molecule has 1 aromatic rings. The quantitative estimate of drug-likeness (QED) is 0.920. The molecule has 2 aliphatic heterocycles. The minimum atomic E-state index is -0.163. The molecule has 2 amide bonds. The molecule has 2 aliphatic rings. The van der Waals surface area contributed by atoms with Crippen LogP contribution in [0.5, 0.6) is 0 Å². The highest BCUT2D eigenvalue weighted by Gasteiger charge is 2.23. The summed E-state index contributed by atoms with van der Waals surface area (Å²) in [6, 6.07) is 6.84. The van der Waals surface area contributed by atoms with E-state index in [9.17, 15) is 9.18 Å². The molecule has 3 rings (SSSR count). The van der Waals surface area contributed by atoms with Crippen molar-refractivity contribution in [3.63, 3.8) is 0 Å². The molecule has 0 aromatic heterocycles. The third-order valence-corrected chi connectivity index (χ3v) is 4.52. The van der Waals surface area contributed by atoms with Crippen molar-refractivity contribution in [2.75, 3.05) is 39.3 Å². The van der Waals surface area contributed by atoms with Gasteiger partial charge in [-0.3, -0.25) is 4.90 Å². The van der Waals surface area contributed by atoms with E-state index >= 15 is 0 Å². The van der Waals surface area contributed by atoms with E-state index in [1.165, 1.54) is 6.07 Å². The lowest BCUT2D eigenvalue weighted by atomic mass is 10.2. The number of ether oxygens (including phenoxy) is 1. The van der Waals surface area contributed by atoms with Gasteiger partial charge in [0.25, 0.3) is 0 Å². The van der Waals surface area contributed by atoms with Crippen molar-refractivity contribution in [3.8, 4) is 0 Å². The standard InChI is InChI=1S/C17H24FN3O2/c18-16-6-2-1-4-14(16)13-20-7-9-21(10-8-20)17(22)19-12-15-5-3-11-23-15/h1-2,4,6,15H,3,5,7-13H2,(H,19,22). The third kappa shape index (κ3) is 4.42. The second kappa shape index (κ2) is 7.75. The Hall–Kier alpha value is -1.66. The second-order valence-corrected chi connectivity index (χ2v) is 6.18. The van der Waals surface area contributed by atoms with Gasteiger partial charge in [-0.1, -0.05) is 18.2 Å². The molecular weight excluding hydrogens is 297 g/mol. The minimum Gasteiger partial charge on any atom is -0.376 e. The highest BCUT2D eigenvalue weighted by atomic mass is 19.1. The van der Waals surface area contributed by atoms with Gasteiger partial charge in [0.1, 0.15) is 5.82 Å². The molecule has 23 heavy (non-hydrogen) atoms. The van der Waals surface area contributed by atoms with Gasteiger partial charge >= 0.3 is 6.03 Å². The molecule has 2 heterocycles. The summed E-state index contributed by atoms with van der Waals surface area (Å²) in [5.41, 5.74) is 0.712. The monoisotopic (exact) mass is 321 g/mol. The summed E-state index contributed by atoms with van der Waals surface area (Å²) in [4.78, 5) is 16.2. The Kier molecular flexibility index (Phi) is 5.46. The molecule has 2 saturated heterocycles. The number of urea groups is 1. The fraction of sp³-hybridized carbons (Fsp3) is 0.588.